The lowest BCUT2D eigenvalue weighted by atomic mass is 10.1. The largest absolute Gasteiger partial charge is 0.465 e. The molecular formula is C12H23NO2. The smallest absolute Gasteiger partial charge is 0.323 e. The Morgan fingerprint density at radius 1 is 1.40 bits per heavy atom. The van der Waals surface area contributed by atoms with Crippen molar-refractivity contribution in [3.05, 3.63) is 0 Å². The van der Waals surface area contributed by atoms with Crippen LogP contribution in [0.25, 0.3) is 0 Å². The van der Waals surface area contributed by atoms with Crippen LogP contribution >= 0.6 is 0 Å². The van der Waals surface area contributed by atoms with E-state index in [2.05, 4.69) is 18.7 Å². The molecule has 3 nitrogen and oxygen atoms in total. The maximum Gasteiger partial charge on any atom is 0.323 e. The molecule has 1 fully saturated rings. The summed E-state index contributed by atoms with van der Waals surface area (Å²) in [5.74, 6) is 0.774. The second-order valence-corrected chi connectivity index (χ2v) is 4.21. The minimum atomic E-state index is -0.0532. The van der Waals surface area contributed by atoms with Gasteiger partial charge in [-0.2, -0.15) is 0 Å². The van der Waals surface area contributed by atoms with E-state index in [4.69, 9.17) is 4.74 Å². The zero-order chi connectivity index (χ0) is 11.3. The molecule has 0 N–H and O–H groups in total. The molecule has 1 aliphatic carbocycles. The van der Waals surface area contributed by atoms with E-state index >= 15 is 0 Å². The van der Waals surface area contributed by atoms with Gasteiger partial charge in [-0.3, -0.25) is 9.69 Å². The van der Waals surface area contributed by atoms with E-state index in [1.807, 2.05) is 6.92 Å². The van der Waals surface area contributed by atoms with Crippen LogP contribution < -0.4 is 0 Å². The first-order valence-electron chi connectivity index (χ1n) is 6.13. The fourth-order valence-electron chi connectivity index (χ4n) is 1.92. The molecule has 0 aromatic heterocycles. The minimum absolute atomic E-state index is 0.0319. The second-order valence-electron chi connectivity index (χ2n) is 4.21. The third-order valence-electron chi connectivity index (χ3n) is 2.98. The van der Waals surface area contributed by atoms with E-state index in [1.54, 1.807) is 0 Å². The summed E-state index contributed by atoms with van der Waals surface area (Å²) in [5.41, 5.74) is 0. The van der Waals surface area contributed by atoms with Crippen molar-refractivity contribution in [1.82, 2.24) is 4.90 Å². The summed E-state index contributed by atoms with van der Waals surface area (Å²) in [6.07, 6.45) is 3.50. The summed E-state index contributed by atoms with van der Waals surface area (Å²) in [6, 6.07) is -0.0319. The molecule has 0 spiro atoms. The van der Waals surface area contributed by atoms with Crippen molar-refractivity contribution >= 4 is 5.97 Å². The molecule has 15 heavy (non-hydrogen) atoms. The average Bonchev–Trinajstić information content (AvgIpc) is 3.01. The van der Waals surface area contributed by atoms with Crippen LogP contribution in [0.3, 0.4) is 0 Å². The van der Waals surface area contributed by atoms with Gasteiger partial charge >= 0.3 is 5.97 Å². The number of ether oxygens (including phenoxy) is 1. The van der Waals surface area contributed by atoms with E-state index in [0.717, 1.165) is 25.4 Å². The van der Waals surface area contributed by atoms with Crippen LogP contribution in [0.4, 0.5) is 0 Å². The van der Waals surface area contributed by atoms with Crippen molar-refractivity contribution in [2.45, 2.75) is 46.1 Å². The van der Waals surface area contributed by atoms with Crippen LogP contribution in [0, 0.1) is 5.92 Å². The molecule has 0 aromatic carbocycles. The van der Waals surface area contributed by atoms with Crippen LogP contribution in [0.5, 0.6) is 0 Å². The van der Waals surface area contributed by atoms with E-state index in [0.29, 0.717) is 6.61 Å². The summed E-state index contributed by atoms with van der Waals surface area (Å²) in [5, 5.41) is 0. The molecule has 0 aromatic rings. The predicted octanol–water partition coefficient (Wildman–Crippen LogP) is 2.06. The maximum absolute atomic E-state index is 11.7. The molecule has 1 saturated carbocycles. The molecule has 1 unspecified atom stereocenters. The number of likely N-dealkylation sites (N-methyl/N-ethyl adjacent to an activating group) is 1. The quantitative estimate of drug-likeness (QED) is 0.606. The Morgan fingerprint density at radius 3 is 2.47 bits per heavy atom. The normalized spacial score (nSPS) is 17.9. The van der Waals surface area contributed by atoms with Crippen LogP contribution in [0.1, 0.15) is 40.0 Å². The molecule has 0 heterocycles. The molecule has 1 rings (SSSR count). The van der Waals surface area contributed by atoms with Crippen molar-refractivity contribution in [3.63, 3.8) is 0 Å². The zero-order valence-electron chi connectivity index (χ0n) is 10.2. The highest BCUT2D eigenvalue weighted by Crippen LogP contribution is 2.30. The van der Waals surface area contributed by atoms with Gasteiger partial charge in [0.2, 0.25) is 0 Å². The lowest BCUT2D eigenvalue weighted by Gasteiger charge is -2.28. The van der Waals surface area contributed by atoms with Crippen molar-refractivity contribution < 1.29 is 9.53 Å². The van der Waals surface area contributed by atoms with E-state index in [9.17, 15) is 4.79 Å². The Morgan fingerprint density at radius 2 is 2.07 bits per heavy atom. The number of esters is 1. The van der Waals surface area contributed by atoms with Gasteiger partial charge in [-0.15, -0.1) is 0 Å². The molecule has 1 aliphatic rings. The fourth-order valence-corrected chi connectivity index (χ4v) is 1.92. The van der Waals surface area contributed by atoms with E-state index in [1.165, 1.54) is 12.8 Å². The van der Waals surface area contributed by atoms with Crippen molar-refractivity contribution in [1.29, 1.82) is 0 Å². The van der Waals surface area contributed by atoms with E-state index < -0.39 is 0 Å². The first-order chi connectivity index (χ1) is 7.22. The lowest BCUT2D eigenvalue weighted by molar-refractivity contribution is -0.149. The van der Waals surface area contributed by atoms with Crippen LogP contribution in [-0.2, 0) is 9.53 Å². The van der Waals surface area contributed by atoms with Gasteiger partial charge in [0.25, 0.3) is 0 Å². The van der Waals surface area contributed by atoms with Crippen LogP contribution in [0.2, 0.25) is 0 Å². The zero-order valence-corrected chi connectivity index (χ0v) is 10.2. The lowest BCUT2D eigenvalue weighted by Crippen LogP contribution is -2.42. The summed E-state index contributed by atoms with van der Waals surface area (Å²) in [4.78, 5) is 14.0. The number of nitrogens with zero attached hydrogens (tertiary/aromatic N) is 1. The number of hydrogen-bond acceptors (Lipinski definition) is 3. The van der Waals surface area contributed by atoms with Crippen LogP contribution in [0.15, 0.2) is 0 Å². The number of carbonyl (C=O) groups is 1. The monoisotopic (exact) mass is 213 g/mol. The molecule has 0 aliphatic heterocycles. The molecule has 0 radical (unpaired) electrons. The van der Waals surface area contributed by atoms with Gasteiger partial charge in [-0.05, 0) is 38.6 Å². The summed E-state index contributed by atoms with van der Waals surface area (Å²) in [6.45, 7) is 8.52. The summed E-state index contributed by atoms with van der Waals surface area (Å²) < 4.78 is 5.10. The molecule has 0 saturated heterocycles. The van der Waals surface area contributed by atoms with Crippen molar-refractivity contribution in [2.75, 3.05) is 19.7 Å². The first-order valence-corrected chi connectivity index (χ1v) is 6.13. The number of rotatable bonds is 7. The topological polar surface area (TPSA) is 29.5 Å². The van der Waals surface area contributed by atoms with Gasteiger partial charge in [-0.25, -0.2) is 0 Å². The SMILES string of the molecule is CCOC(=O)C(CC)N(CC)CC1CC1. The Bertz CT molecular complexity index is 202. The number of hydrogen-bond donors (Lipinski definition) is 0. The maximum atomic E-state index is 11.7. The Kier molecular flexibility index (Phi) is 5.09. The summed E-state index contributed by atoms with van der Waals surface area (Å²) in [7, 11) is 0. The van der Waals surface area contributed by atoms with Crippen molar-refractivity contribution in [2.24, 2.45) is 5.92 Å². The molecule has 1 atom stereocenters. The van der Waals surface area contributed by atoms with E-state index in [-0.39, 0.29) is 12.0 Å². The van der Waals surface area contributed by atoms with Gasteiger partial charge in [0.15, 0.2) is 0 Å². The average molecular weight is 213 g/mol. The fraction of sp³-hybridized carbons (Fsp3) is 0.917. The van der Waals surface area contributed by atoms with Gasteiger partial charge < -0.3 is 4.74 Å². The Labute approximate surface area is 92.8 Å². The predicted molar refractivity (Wildman–Crippen MR) is 60.7 cm³/mol. The third-order valence-corrected chi connectivity index (χ3v) is 2.98. The molecule has 0 amide bonds. The van der Waals surface area contributed by atoms with Gasteiger partial charge in [0, 0.05) is 6.54 Å². The highest BCUT2D eigenvalue weighted by atomic mass is 16.5. The first kappa shape index (κ1) is 12.5. The van der Waals surface area contributed by atoms with Gasteiger partial charge in [0.1, 0.15) is 6.04 Å². The molecule has 0 bridgehead atoms. The van der Waals surface area contributed by atoms with Gasteiger partial charge in [-0.1, -0.05) is 13.8 Å². The highest BCUT2D eigenvalue weighted by Gasteiger charge is 2.30. The minimum Gasteiger partial charge on any atom is -0.465 e. The van der Waals surface area contributed by atoms with Crippen LogP contribution in [-0.4, -0.2) is 36.6 Å². The second kappa shape index (κ2) is 6.11. The number of carbonyl (C=O) groups excluding carboxylic acids is 1. The highest BCUT2D eigenvalue weighted by molar-refractivity contribution is 5.75. The standard InChI is InChI=1S/C12H23NO2/c1-4-11(12(14)15-6-3)13(5-2)9-10-7-8-10/h10-11H,4-9H2,1-3H3. The molecule has 88 valence electrons. The van der Waals surface area contributed by atoms with Crippen molar-refractivity contribution in [3.8, 4) is 0 Å². The Balaban J connectivity index is 2.47. The molecule has 3 heteroatoms. The Hall–Kier alpha value is -0.570. The summed E-state index contributed by atoms with van der Waals surface area (Å²) >= 11 is 0. The third kappa shape index (κ3) is 3.82. The van der Waals surface area contributed by atoms with Gasteiger partial charge in [0.05, 0.1) is 6.61 Å². The molecular weight excluding hydrogens is 190 g/mol.